The zero-order chi connectivity index (χ0) is 16.0. The van der Waals surface area contributed by atoms with Crippen LogP contribution in [0.3, 0.4) is 0 Å². The zero-order valence-electron chi connectivity index (χ0n) is 13.0. The van der Waals surface area contributed by atoms with Crippen LogP contribution in [-0.4, -0.2) is 41.0 Å². The first kappa shape index (κ1) is 17.5. The van der Waals surface area contributed by atoms with Crippen molar-refractivity contribution in [1.82, 2.24) is 15.2 Å². The fourth-order valence-corrected chi connectivity index (χ4v) is 4.34. The molecule has 0 spiro atoms. The largest absolute Gasteiger partial charge is 0.331 e. The average molecular weight is 413 g/mol. The molecule has 2 aliphatic rings. The van der Waals surface area contributed by atoms with Crippen LogP contribution in [0.2, 0.25) is 0 Å². The van der Waals surface area contributed by atoms with Crippen molar-refractivity contribution in [3.05, 3.63) is 44.7 Å². The summed E-state index contributed by atoms with van der Waals surface area (Å²) in [6, 6.07) is 7.60. The summed E-state index contributed by atoms with van der Waals surface area (Å²) in [4.78, 5) is 30.1. The van der Waals surface area contributed by atoms with Crippen LogP contribution < -0.4 is 10.9 Å². The molecule has 2 fully saturated rings. The van der Waals surface area contributed by atoms with E-state index >= 15 is 0 Å². The molecular formula is C17H19BrClN3O2. The van der Waals surface area contributed by atoms with Gasteiger partial charge in [-0.25, -0.2) is 0 Å². The molecule has 2 aliphatic heterocycles. The average Bonchev–Trinajstić information content (AvgIpc) is 2.80. The minimum absolute atomic E-state index is 0. The number of H-pyrrole nitrogens is 1. The van der Waals surface area contributed by atoms with E-state index in [-0.39, 0.29) is 36.0 Å². The van der Waals surface area contributed by atoms with E-state index in [1.165, 1.54) is 6.07 Å². The number of amides is 1. The highest BCUT2D eigenvalue weighted by molar-refractivity contribution is 9.10. The molecule has 2 saturated heterocycles. The Balaban J connectivity index is 0.00000169. The molecule has 5 nitrogen and oxygen atoms in total. The van der Waals surface area contributed by atoms with Crippen LogP contribution >= 0.6 is 28.3 Å². The molecular weight excluding hydrogens is 394 g/mol. The maximum atomic E-state index is 13.2. The first-order valence-corrected chi connectivity index (χ1v) is 8.79. The van der Waals surface area contributed by atoms with Gasteiger partial charge in [-0.05, 0) is 47.8 Å². The molecule has 0 radical (unpaired) electrons. The number of hydrogen-bond acceptors (Lipinski definition) is 3. The van der Waals surface area contributed by atoms with Gasteiger partial charge in [-0.1, -0.05) is 12.1 Å². The molecule has 128 valence electrons. The Morgan fingerprint density at radius 2 is 2.00 bits per heavy atom. The molecule has 4 rings (SSSR count). The van der Waals surface area contributed by atoms with E-state index in [0.29, 0.717) is 11.1 Å². The maximum Gasteiger partial charge on any atom is 0.255 e. The standard InChI is InChI=1S/C17H18BrN3O2.ClH/c18-14-3-1-2-12-13(8-15(22)20-16(12)14)17(23)21-10-4-5-11(21)9-19-7-6-10;/h1-3,8,10-11,19H,4-7,9H2,(H,20,22);1H. The number of aromatic amines is 1. The lowest BCUT2D eigenvalue weighted by molar-refractivity contribution is 0.0682. The van der Waals surface area contributed by atoms with Gasteiger partial charge in [-0.2, -0.15) is 0 Å². The molecule has 2 unspecified atom stereocenters. The van der Waals surface area contributed by atoms with Gasteiger partial charge in [-0.3, -0.25) is 9.59 Å². The van der Waals surface area contributed by atoms with Crippen LogP contribution in [-0.2, 0) is 0 Å². The Kier molecular flexibility index (Phi) is 4.99. The first-order valence-electron chi connectivity index (χ1n) is 8.00. The molecule has 2 N–H and O–H groups in total. The van der Waals surface area contributed by atoms with E-state index in [1.54, 1.807) is 0 Å². The van der Waals surface area contributed by atoms with Gasteiger partial charge in [0, 0.05) is 34.6 Å². The van der Waals surface area contributed by atoms with Crippen molar-refractivity contribution in [3.8, 4) is 0 Å². The number of rotatable bonds is 1. The number of nitrogens with zero attached hydrogens (tertiary/aromatic N) is 1. The van der Waals surface area contributed by atoms with Gasteiger partial charge in [0.25, 0.3) is 5.91 Å². The monoisotopic (exact) mass is 411 g/mol. The van der Waals surface area contributed by atoms with Gasteiger partial charge in [0.1, 0.15) is 0 Å². The van der Waals surface area contributed by atoms with Gasteiger partial charge < -0.3 is 15.2 Å². The third-order valence-electron chi connectivity index (χ3n) is 4.95. The van der Waals surface area contributed by atoms with Crippen LogP contribution in [0.15, 0.2) is 33.5 Å². The number of aromatic nitrogens is 1. The fourth-order valence-electron chi connectivity index (χ4n) is 3.87. The van der Waals surface area contributed by atoms with Crippen LogP contribution in [0, 0.1) is 0 Å². The molecule has 1 aromatic heterocycles. The van der Waals surface area contributed by atoms with E-state index in [0.717, 1.165) is 42.2 Å². The second kappa shape index (κ2) is 6.86. The van der Waals surface area contributed by atoms with Crippen molar-refractivity contribution < 1.29 is 4.79 Å². The Morgan fingerprint density at radius 1 is 1.21 bits per heavy atom. The lowest BCUT2D eigenvalue weighted by Gasteiger charge is -2.28. The topological polar surface area (TPSA) is 65.2 Å². The van der Waals surface area contributed by atoms with E-state index < -0.39 is 0 Å². The molecule has 24 heavy (non-hydrogen) atoms. The SMILES string of the molecule is Cl.O=C(c1cc(=O)[nH]c2c(Br)cccc12)N1C2CCNCC1CC2. The number of halogens is 2. The van der Waals surface area contributed by atoms with Crippen molar-refractivity contribution in [3.63, 3.8) is 0 Å². The quantitative estimate of drug-likeness (QED) is 0.757. The van der Waals surface area contributed by atoms with E-state index in [4.69, 9.17) is 0 Å². The Hall–Kier alpha value is -1.37. The Morgan fingerprint density at radius 3 is 2.83 bits per heavy atom. The summed E-state index contributed by atoms with van der Waals surface area (Å²) in [6.45, 7) is 1.79. The zero-order valence-corrected chi connectivity index (χ0v) is 15.5. The van der Waals surface area contributed by atoms with E-state index in [2.05, 4.69) is 26.2 Å². The summed E-state index contributed by atoms with van der Waals surface area (Å²) < 4.78 is 0.794. The van der Waals surface area contributed by atoms with Crippen molar-refractivity contribution >= 4 is 45.1 Å². The molecule has 2 bridgehead atoms. The van der Waals surface area contributed by atoms with Gasteiger partial charge in [0.05, 0.1) is 11.1 Å². The number of fused-ring (bicyclic) bond motifs is 3. The molecule has 3 heterocycles. The number of para-hydroxylation sites is 1. The predicted molar refractivity (Wildman–Crippen MR) is 100.0 cm³/mol. The molecule has 1 aromatic carbocycles. The highest BCUT2D eigenvalue weighted by Gasteiger charge is 2.38. The number of nitrogens with one attached hydrogen (secondary N) is 2. The highest BCUT2D eigenvalue weighted by atomic mass is 79.9. The maximum absolute atomic E-state index is 13.2. The number of hydrogen-bond donors (Lipinski definition) is 2. The fraction of sp³-hybridized carbons (Fsp3) is 0.412. The minimum atomic E-state index is -0.243. The molecule has 0 saturated carbocycles. The summed E-state index contributed by atoms with van der Waals surface area (Å²) in [5.41, 5.74) is 0.945. The van der Waals surface area contributed by atoms with Gasteiger partial charge in [0.2, 0.25) is 5.56 Å². The second-order valence-electron chi connectivity index (χ2n) is 6.30. The van der Waals surface area contributed by atoms with Crippen LogP contribution in [0.1, 0.15) is 29.6 Å². The van der Waals surface area contributed by atoms with Crippen molar-refractivity contribution in [2.45, 2.75) is 31.3 Å². The van der Waals surface area contributed by atoms with Crippen LogP contribution in [0.5, 0.6) is 0 Å². The van der Waals surface area contributed by atoms with Crippen molar-refractivity contribution in [2.24, 2.45) is 0 Å². The summed E-state index contributed by atoms with van der Waals surface area (Å²) in [7, 11) is 0. The van der Waals surface area contributed by atoms with Crippen molar-refractivity contribution in [1.29, 1.82) is 0 Å². The molecule has 7 heteroatoms. The van der Waals surface area contributed by atoms with Crippen molar-refractivity contribution in [2.75, 3.05) is 13.1 Å². The first-order chi connectivity index (χ1) is 11.1. The number of carbonyl (C=O) groups is 1. The Labute approximate surface area is 154 Å². The number of carbonyl (C=O) groups excluding carboxylic acids is 1. The van der Waals surface area contributed by atoms with Gasteiger partial charge >= 0.3 is 0 Å². The highest BCUT2D eigenvalue weighted by Crippen LogP contribution is 2.31. The third kappa shape index (κ3) is 2.87. The van der Waals surface area contributed by atoms with Crippen LogP contribution in [0.4, 0.5) is 0 Å². The third-order valence-corrected chi connectivity index (χ3v) is 5.61. The van der Waals surface area contributed by atoms with Gasteiger partial charge in [-0.15, -0.1) is 12.4 Å². The summed E-state index contributed by atoms with van der Waals surface area (Å²) in [6.07, 6.45) is 3.07. The summed E-state index contributed by atoms with van der Waals surface area (Å²) >= 11 is 3.45. The lowest BCUT2D eigenvalue weighted by Crippen LogP contribution is -2.42. The minimum Gasteiger partial charge on any atom is -0.331 e. The smallest absolute Gasteiger partial charge is 0.255 e. The number of pyridine rings is 1. The molecule has 0 aliphatic carbocycles. The predicted octanol–water partition coefficient (Wildman–Crippen LogP) is 2.68. The summed E-state index contributed by atoms with van der Waals surface area (Å²) in [5.74, 6) is -0.0181. The van der Waals surface area contributed by atoms with E-state index in [1.807, 2.05) is 23.1 Å². The van der Waals surface area contributed by atoms with Gasteiger partial charge in [0.15, 0.2) is 0 Å². The lowest BCUT2D eigenvalue weighted by atomic mass is 10.1. The summed E-state index contributed by atoms with van der Waals surface area (Å²) in [5, 5.41) is 4.20. The molecule has 1 amide bonds. The number of benzene rings is 1. The second-order valence-corrected chi connectivity index (χ2v) is 7.15. The Bertz CT molecular complexity index is 824. The molecule has 2 atom stereocenters. The van der Waals surface area contributed by atoms with E-state index in [9.17, 15) is 9.59 Å². The molecule has 2 aromatic rings. The normalized spacial score (nSPS) is 23.0. The van der Waals surface area contributed by atoms with Crippen LogP contribution in [0.25, 0.3) is 10.9 Å².